The Labute approximate surface area is 177 Å². The van der Waals surface area contributed by atoms with Crippen LogP contribution < -0.4 is 0 Å². The van der Waals surface area contributed by atoms with Crippen LogP contribution in [0.15, 0.2) is 43.0 Å². The Balaban J connectivity index is 2.31. The highest BCUT2D eigenvalue weighted by molar-refractivity contribution is 7.85. The molecule has 0 spiro atoms. The molecule has 1 aromatic rings. The molecule has 1 saturated heterocycles. The first kappa shape index (κ1) is 24.4. The van der Waals surface area contributed by atoms with Crippen molar-refractivity contribution in [3.63, 3.8) is 0 Å². The highest BCUT2D eigenvalue weighted by Gasteiger charge is 2.50. The molecule has 30 heavy (non-hydrogen) atoms. The maximum absolute atomic E-state index is 11.7. The molecule has 0 unspecified atom stereocenters. The first-order valence-corrected chi connectivity index (χ1v) is 11.1. The first-order chi connectivity index (χ1) is 14.2. The summed E-state index contributed by atoms with van der Waals surface area (Å²) in [6.45, 7) is 4.92. The Morgan fingerprint density at radius 3 is 2.43 bits per heavy atom. The minimum atomic E-state index is -3.72. The van der Waals surface area contributed by atoms with E-state index in [4.69, 9.17) is 27.9 Å². The number of carbonyl (C=O) groups excluding carboxylic acids is 1. The lowest BCUT2D eigenvalue weighted by Gasteiger charge is -2.44. The Hall–Kier alpha value is -1.82. The third-order valence-electron chi connectivity index (χ3n) is 4.26. The molecule has 10 heteroatoms. The van der Waals surface area contributed by atoms with E-state index in [2.05, 4.69) is 6.58 Å². The van der Waals surface area contributed by atoms with Crippen molar-refractivity contribution in [2.24, 2.45) is 0 Å². The Kier molecular flexibility index (Phi) is 9.40. The molecule has 5 atom stereocenters. The molecule has 1 aliphatic heterocycles. The molecule has 1 aromatic carbocycles. The molecule has 2 rings (SSSR count). The number of methoxy groups -OCH3 is 1. The Bertz CT molecular complexity index is 781. The van der Waals surface area contributed by atoms with Crippen molar-refractivity contribution in [3.8, 4) is 0 Å². The third kappa shape index (κ3) is 7.46. The van der Waals surface area contributed by atoms with Crippen LogP contribution in [0.2, 0.25) is 0 Å². The van der Waals surface area contributed by atoms with Crippen LogP contribution in [0.5, 0.6) is 0 Å². The number of hydrogen-bond acceptors (Lipinski definition) is 9. The monoisotopic (exact) mass is 444 g/mol. The van der Waals surface area contributed by atoms with Gasteiger partial charge in [0, 0.05) is 14.0 Å². The summed E-state index contributed by atoms with van der Waals surface area (Å²) >= 11 is 0. The van der Waals surface area contributed by atoms with Crippen LogP contribution in [-0.4, -0.2) is 71.7 Å². The van der Waals surface area contributed by atoms with Crippen molar-refractivity contribution in [2.45, 2.75) is 44.2 Å². The second-order valence-electron chi connectivity index (χ2n) is 6.69. The van der Waals surface area contributed by atoms with Gasteiger partial charge in [0.1, 0.15) is 18.3 Å². The highest BCUT2D eigenvalue weighted by Crippen LogP contribution is 2.30. The lowest BCUT2D eigenvalue weighted by Crippen LogP contribution is -2.62. The maximum atomic E-state index is 11.7. The minimum Gasteiger partial charge on any atom is -0.454 e. The zero-order valence-electron chi connectivity index (χ0n) is 17.3. The largest absolute Gasteiger partial charge is 0.454 e. The van der Waals surface area contributed by atoms with Crippen molar-refractivity contribution in [1.29, 1.82) is 0 Å². The number of hydrogen-bond donors (Lipinski definition) is 0. The fraction of sp³-hybridized carbons (Fsp3) is 0.550. The summed E-state index contributed by atoms with van der Waals surface area (Å²) in [7, 11) is -2.34. The molecule has 0 saturated carbocycles. The van der Waals surface area contributed by atoms with Gasteiger partial charge in [0.25, 0.3) is 10.1 Å². The van der Waals surface area contributed by atoms with E-state index in [1.54, 1.807) is 6.08 Å². The van der Waals surface area contributed by atoms with Gasteiger partial charge in [-0.15, -0.1) is 6.58 Å². The predicted octanol–water partition coefficient (Wildman–Crippen LogP) is 1.42. The van der Waals surface area contributed by atoms with Gasteiger partial charge in [-0.3, -0.25) is 8.98 Å². The average molecular weight is 445 g/mol. The van der Waals surface area contributed by atoms with Crippen LogP contribution in [0.3, 0.4) is 0 Å². The summed E-state index contributed by atoms with van der Waals surface area (Å²) in [6.07, 6.45) is -1.97. The third-order valence-corrected chi connectivity index (χ3v) is 4.83. The maximum Gasteiger partial charge on any atom is 0.303 e. The van der Waals surface area contributed by atoms with Gasteiger partial charge in [-0.05, 0) is 5.56 Å². The van der Waals surface area contributed by atoms with Gasteiger partial charge in [-0.1, -0.05) is 36.4 Å². The zero-order valence-corrected chi connectivity index (χ0v) is 18.1. The van der Waals surface area contributed by atoms with Crippen molar-refractivity contribution in [3.05, 3.63) is 48.6 Å². The van der Waals surface area contributed by atoms with Crippen LogP contribution >= 0.6 is 0 Å². The van der Waals surface area contributed by atoms with E-state index >= 15 is 0 Å². The van der Waals surface area contributed by atoms with E-state index in [1.807, 2.05) is 30.3 Å². The van der Waals surface area contributed by atoms with Gasteiger partial charge < -0.3 is 23.7 Å². The lowest BCUT2D eigenvalue weighted by atomic mass is 9.98. The van der Waals surface area contributed by atoms with Gasteiger partial charge >= 0.3 is 5.97 Å². The normalized spacial score (nSPS) is 26.8. The van der Waals surface area contributed by atoms with E-state index < -0.39 is 46.8 Å². The molecule has 1 heterocycles. The van der Waals surface area contributed by atoms with Gasteiger partial charge in [-0.2, -0.15) is 8.42 Å². The van der Waals surface area contributed by atoms with Crippen molar-refractivity contribution < 1.29 is 41.1 Å². The van der Waals surface area contributed by atoms with Gasteiger partial charge in [-0.25, -0.2) is 0 Å². The summed E-state index contributed by atoms with van der Waals surface area (Å²) < 4.78 is 56.4. The molecule has 0 radical (unpaired) electrons. The van der Waals surface area contributed by atoms with E-state index in [-0.39, 0.29) is 19.8 Å². The second kappa shape index (κ2) is 11.5. The van der Waals surface area contributed by atoms with Crippen molar-refractivity contribution >= 4 is 16.1 Å². The molecule has 0 aliphatic carbocycles. The number of esters is 1. The van der Waals surface area contributed by atoms with Crippen LogP contribution in [0.1, 0.15) is 12.5 Å². The molecule has 0 aromatic heterocycles. The molecule has 1 aliphatic rings. The molecule has 0 N–H and O–H groups in total. The molecular weight excluding hydrogens is 416 g/mol. The van der Waals surface area contributed by atoms with E-state index in [0.29, 0.717) is 0 Å². The zero-order chi connectivity index (χ0) is 22.1. The molecule has 9 nitrogen and oxygen atoms in total. The van der Waals surface area contributed by atoms with E-state index in [1.165, 1.54) is 14.0 Å². The van der Waals surface area contributed by atoms with Crippen LogP contribution in [0, 0.1) is 0 Å². The molecule has 168 valence electrons. The minimum absolute atomic E-state index is 0.143. The summed E-state index contributed by atoms with van der Waals surface area (Å²) in [5.74, 6) is -0.550. The predicted molar refractivity (Wildman–Crippen MR) is 107 cm³/mol. The highest BCUT2D eigenvalue weighted by atomic mass is 32.2. The second-order valence-corrected chi connectivity index (χ2v) is 8.33. The van der Waals surface area contributed by atoms with Crippen molar-refractivity contribution in [1.82, 2.24) is 0 Å². The van der Waals surface area contributed by atoms with E-state index in [9.17, 15) is 13.2 Å². The summed E-state index contributed by atoms with van der Waals surface area (Å²) in [6, 6.07) is 9.38. The molecular formula is C20H28O9S. The number of rotatable bonds is 11. The summed E-state index contributed by atoms with van der Waals surface area (Å²) in [4.78, 5) is 11.7. The van der Waals surface area contributed by atoms with E-state index in [0.717, 1.165) is 11.8 Å². The average Bonchev–Trinajstić information content (AvgIpc) is 2.70. The van der Waals surface area contributed by atoms with Crippen LogP contribution in [0.25, 0.3) is 0 Å². The Morgan fingerprint density at radius 2 is 1.87 bits per heavy atom. The fourth-order valence-corrected chi connectivity index (χ4v) is 3.43. The first-order valence-electron chi connectivity index (χ1n) is 9.33. The van der Waals surface area contributed by atoms with Gasteiger partial charge in [0.2, 0.25) is 0 Å². The molecule has 0 bridgehead atoms. The Morgan fingerprint density at radius 1 is 1.17 bits per heavy atom. The van der Waals surface area contributed by atoms with Crippen LogP contribution in [-0.2, 0) is 49.4 Å². The number of benzene rings is 1. The number of carbonyl (C=O) groups is 1. The standard InChI is InChI=1S/C20H28O9S/c1-5-11-25-18-17(26-12-15-9-7-6-8-10-15)16(13-27-30(4,22)23)29-20(24-3)19(18)28-14(2)21/h5-10,16-20H,1,11-13H2,2-4H3/t16-,17-,18+,19+,20+/m1/s1. The van der Waals surface area contributed by atoms with Crippen LogP contribution in [0.4, 0.5) is 0 Å². The topological polar surface area (TPSA) is 107 Å². The smallest absolute Gasteiger partial charge is 0.303 e. The molecule has 0 amide bonds. The lowest BCUT2D eigenvalue weighted by molar-refractivity contribution is -0.310. The SMILES string of the molecule is C=CCO[C@@H]1[C@H](OC(C)=O)[C@@H](OC)O[C@H](COS(C)(=O)=O)[C@H]1OCc1ccccc1. The summed E-state index contributed by atoms with van der Waals surface area (Å²) in [5.41, 5.74) is 0.889. The van der Waals surface area contributed by atoms with Gasteiger partial charge in [0.15, 0.2) is 12.4 Å². The quantitative estimate of drug-likeness (QED) is 0.284. The van der Waals surface area contributed by atoms with Gasteiger partial charge in [0.05, 0.1) is 26.1 Å². The number of ether oxygens (including phenoxy) is 5. The van der Waals surface area contributed by atoms with Crippen molar-refractivity contribution in [2.75, 3.05) is 26.6 Å². The fourth-order valence-electron chi connectivity index (χ4n) is 3.05. The summed E-state index contributed by atoms with van der Waals surface area (Å²) in [5, 5.41) is 0. The molecule has 1 fully saturated rings.